The first-order valence-corrected chi connectivity index (χ1v) is 21.9. The summed E-state index contributed by atoms with van der Waals surface area (Å²) >= 11 is 0. The number of hydrogen-bond acceptors (Lipinski definition) is 3. The Kier molecular flexibility index (Phi) is 8.09. The molecule has 0 aliphatic heterocycles. The number of para-hydroxylation sites is 2. The fourth-order valence-electron chi connectivity index (χ4n) is 10.6. The van der Waals surface area contributed by atoms with Gasteiger partial charge in [-0.25, -0.2) is 4.98 Å². The van der Waals surface area contributed by atoms with Gasteiger partial charge in [-0.3, -0.25) is 0 Å². The van der Waals surface area contributed by atoms with Crippen molar-refractivity contribution in [1.29, 1.82) is 0 Å². The first-order chi connectivity index (χ1) is 31.8. The van der Waals surface area contributed by atoms with E-state index < -0.39 is 5.41 Å². The highest BCUT2D eigenvalue weighted by Gasteiger charge is 2.46. The quantitative estimate of drug-likeness (QED) is 0.161. The van der Waals surface area contributed by atoms with Crippen molar-refractivity contribution >= 4 is 60.7 Å². The predicted molar refractivity (Wildman–Crippen MR) is 263 cm³/mol. The highest BCUT2D eigenvalue weighted by atomic mass is 16.3. The molecule has 12 aromatic rings. The maximum absolute atomic E-state index is 6.85. The SMILES string of the molecule is c1ccc(-c2nc3cccc(N(c4ccc5c(c4)C(c4ccccc4)(c4ccccc4)c4ccccc4-5)c4ccc5c6ccc7ccccc7c6n(-c6ccccc6)c5c4)c3o2)cc1. The van der Waals surface area contributed by atoms with Crippen LogP contribution in [0.1, 0.15) is 22.3 Å². The highest BCUT2D eigenvalue weighted by Crippen LogP contribution is 2.57. The third kappa shape index (κ3) is 5.33. The molecule has 2 heterocycles. The highest BCUT2D eigenvalue weighted by molar-refractivity contribution is 6.19. The van der Waals surface area contributed by atoms with Crippen molar-refractivity contribution in [2.75, 3.05) is 4.90 Å². The minimum atomic E-state index is -0.570. The van der Waals surface area contributed by atoms with Gasteiger partial charge in [-0.05, 0) is 99.4 Å². The monoisotopic (exact) mass is 817 g/mol. The van der Waals surface area contributed by atoms with Crippen LogP contribution in [0.25, 0.3) is 71.9 Å². The van der Waals surface area contributed by atoms with Crippen LogP contribution in [0.2, 0.25) is 0 Å². The van der Waals surface area contributed by atoms with Crippen molar-refractivity contribution in [3.05, 3.63) is 259 Å². The predicted octanol–water partition coefficient (Wildman–Crippen LogP) is 15.6. The second-order valence-electron chi connectivity index (χ2n) is 16.7. The number of aromatic nitrogens is 2. The van der Waals surface area contributed by atoms with Crippen LogP contribution in [0.5, 0.6) is 0 Å². The zero-order valence-electron chi connectivity index (χ0n) is 34.8. The fourth-order valence-corrected chi connectivity index (χ4v) is 10.6. The molecule has 0 saturated heterocycles. The summed E-state index contributed by atoms with van der Waals surface area (Å²) in [4.78, 5) is 7.44. The van der Waals surface area contributed by atoms with Crippen LogP contribution in [-0.2, 0) is 5.41 Å². The number of benzene rings is 10. The summed E-state index contributed by atoms with van der Waals surface area (Å²) in [6.07, 6.45) is 0. The summed E-state index contributed by atoms with van der Waals surface area (Å²) < 4.78 is 9.29. The van der Waals surface area contributed by atoms with Gasteiger partial charge in [0.25, 0.3) is 0 Å². The lowest BCUT2D eigenvalue weighted by Crippen LogP contribution is -2.28. The van der Waals surface area contributed by atoms with Crippen molar-refractivity contribution in [2.45, 2.75) is 5.41 Å². The molecule has 0 bridgehead atoms. The van der Waals surface area contributed by atoms with Gasteiger partial charge in [-0.15, -0.1) is 0 Å². The summed E-state index contributed by atoms with van der Waals surface area (Å²) in [7, 11) is 0. The molecule has 4 heteroatoms. The van der Waals surface area contributed by atoms with E-state index in [1.54, 1.807) is 0 Å². The van der Waals surface area contributed by atoms with E-state index in [0.717, 1.165) is 44.9 Å². The van der Waals surface area contributed by atoms with E-state index >= 15 is 0 Å². The van der Waals surface area contributed by atoms with E-state index in [1.165, 1.54) is 60.4 Å². The molecular formula is C60H39N3O. The third-order valence-corrected chi connectivity index (χ3v) is 13.3. The molecule has 10 aromatic carbocycles. The van der Waals surface area contributed by atoms with Crippen LogP contribution in [-0.4, -0.2) is 9.55 Å². The molecule has 1 aliphatic carbocycles. The van der Waals surface area contributed by atoms with E-state index in [1.807, 2.05) is 36.4 Å². The second-order valence-corrected chi connectivity index (χ2v) is 16.7. The lowest BCUT2D eigenvalue weighted by Gasteiger charge is -2.35. The molecule has 0 unspecified atom stereocenters. The lowest BCUT2D eigenvalue weighted by molar-refractivity contribution is 0.620. The van der Waals surface area contributed by atoms with Gasteiger partial charge in [0.1, 0.15) is 5.52 Å². The average molecular weight is 818 g/mol. The zero-order valence-corrected chi connectivity index (χ0v) is 34.8. The Hall–Kier alpha value is -8.47. The Morgan fingerprint density at radius 3 is 1.86 bits per heavy atom. The molecule has 300 valence electrons. The van der Waals surface area contributed by atoms with Crippen LogP contribution in [0.3, 0.4) is 0 Å². The molecule has 13 rings (SSSR count). The number of rotatable bonds is 7. The Labute approximate surface area is 370 Å². The Bertz CT molecular complexity index is 3680. The number of fused-ring (bicyclic) bond motifs is 9. The number of hydrogen-bond donors (Lipinski definition) is 0. The minimum Gasteiger partial charge on any atom is -0.434 e. The van der Waals surface area contributed by atoms with E-state index in [4.69, 9.17) is 9.40 Å². The Balaban J connectivity index is 1.12. The smallest absolute Gasteiger partial charge is 0.227 e. The normalized spacial score (nSPS) is 12.8. The van der Waals surface area contributed by atoms with Crippen LogP contribution in [0.15, 0.2) is 241 Å². The molecule has 0 atom stereocenters. The van der Waals surface area contributed by atoms with Crippen LogP contribution < -0.4 is 4.90 Å². The second kappa shape index (κ2) is 14.3. The lowest BCUT2D eigenvalue weighted by atomic mass is 9.67. The van der Waals surface area contributed by atoms with Crippen LogP contribution >= 0.6 is 0 Å². The summed E-state index contributed by atoms with van der Waals surface area (Å²) in [5, 5.41) is 4.83. The zero-order chi connectivity index (χ0) is 42.2. The molecule has 0 N–H and O–H groups in total. The Morgan fingerprint density at radius 1 is 0.453 bits per heavy atom. The molecular weight excluding hydrogens is 779 g/mol. The first kappa shape index (κ1) is 36.2. The summed E-state index contributed by atoms with van der Waals surface area (Å²) in [5.74, 6) is 0.589. The number of oxazole rings is 1. The van der Waals surface area contributed by atoms with Gasteiger partial charge in [0.05, 0.1) is 22.1 Å². The minimum absolute atomic E-state index is 0.570. The fraction of sp³-hybridized carbons (Fsp3) is 0.0167. The van der Waals surface area contributed by atoms with Gasteiger partial charge in [0.2, 0.25) is 5.89 Å². The summed E-state index contributed by atoms with van der Waals surface area (Å²) in [5.41, 5.74) is 15.6. The molecule has 0 radical (unpaired) electrons. The Morgan fingerprint density at radius 2 is 1.08 bits per heavy atom. The van der Waals surface area contributed by atoms with Crippen molar-refractivity contribution < 1.29 is 4.42 Å². The van der Waals surface area contributed by atoms with Gasteiger partial charge in [-0.2, -0.15) is 0 Å². The largest absolute Gasteiger partial charge is 0.434 e. The van der Waals surface area contributed by atoms with E-state index in [-0.39, 0.29) is 0 Å². The molecule has 2 aromatic heterocycles. The van der Waals surface area contributed by atoms with Crippen molar-refractivity contribution in [3.8, 4) is 28.3 Å². The molecule has 0 saturated carbocycles. The molecule has 0 fully saturated rings. The average Bonchev–Trinajstić information content (AvgIpc) is 4.05. The first-order valence-electron chi connectivity index (χ1n) is 21.9. The maximum atomic E-state index is 6.85. The van der Waals surface area contributed by atoms with E-state index in [2.05, 4.69) is 210 Å². The molecule has 1 aliphatic rings. The molecule has 0 spiro atoms. The topological polar surface area (TPSA) is 34.2 Å². The summed E-state index contributed by atoms with van der Waals surface area (Å²) in [6, 6.07) is 85.3. The maximum Gasteiger partial charge on any atom is 0.227 e. The van der Waals surface area contributed by atoms with Crippen molar-refractivity contribution in [2.24, 2.45) is 0 Å². The van der Waals surface area contributed by atoms with Gasteiger partial charge < -0.3 is 13.9 Å². The molecule has 4 nitrogen and oxygen atoms in total. The number of anilines is 3. The van der Waals surface area contributed by atoms with Crippen molar-refractivity contribution in [1.82, 2.24) is 9.55 Å². The van der Waals surface area contributed by atoms with E-state index in [0.29, 0.717) is 5.89 Å². The summed E-state index contributed by atoms with van der Waals surface area (Å²) in [6.45, 7) is 0. The van der Waals surface area contributed by atoms with E-state index in [9.17, 15) is 0 Å². The standard InChI is InChI=1S/C60H39N3O/c1-5-19-41(20-6-1)59-61-54-30-17-31-55(58(54)64-59)62(46-34-37-50-51-35-32-40-18-13-14-27-47(40)57(51)63(56(50)39-46)44-25-11-4-12-26-44)45-33-36-49-48-28-15-16-29-52(48)60(53(49)38-45,42-21-7-2-8-22-42)43-23-9-3-10-24-43/h1-39H. The van der Waals surface area contributed by atoms with Crippen LogP contribution in [0.4, 0.5) is 17.1 Å². The van der Waals surface area contributed by atoms with Crippen molar-refractivity contribution in [3.63, 3.8) is 0 Å². The molecule has 64 heavy (non-hydrogen) atoms. The van der Waals surface area contributed by atoms with Gasteiger partial charge in [0, 0.05) is 38.8 Å². The van der Waals surface area contributed by atoms with Gasteiger partial charge >= 0.3 is 0 Å². The number of nitrogens with zero attached hydrogens (tertiary/aromatic N) is 3. The van der Waals surface area contributed by atoms with Gasteiger partial charge in [0.15, 0.2) is 5.58 Å². The molecule has 0 amide bonds. The van der Waals surface area contributed by atoms with Gasteiger partial charge in [-0.1, -0.05) is 176 Å². The third-order valence-electron chi connectivity index (χ3n) is 13.3. The van der Waals surface area contributed by atoms with Crippen LogP contribution in [0, 0.1) is 0 Å².